The fraction of sp³-hybridized carbons (Fsp3) is 0.263. The quantitative estimate of drug-likeness (QED) is 0.900. The number of pyridine rings is 1. The summed E-state index contributed by atoms with van der Waals surface area (Å²) in [5, 5.41) is 12.4. The van der Waals surface area contributed by atoms with E-state index in [-0.39, 0.29) is 6.04 Å². The SMILES string of the molecule is N#Cc1cccc(CN2CCN/C(=C\C(N)c3ccccn3)C2)c1. The van der Waals surface area contributed by atoms with Gasteiger partial charge in [-0.25, -0.2) is 0 Å². The lowest BCUT2D eigenvalue weighted by atomic mass is 10.1. The van der Waals surface area contributed by atoms with E-state index in [9.17, 15) is 0 Å². The van der Waals surface area contributed by atoms with Gasteiger partial charge in [0.25, 0.3) is 0 Å². The molecule has 2 aromatic rings. The molecule has 1 atom stereocenters. The summed E-state index contributed by atoms with van der Waals surface area (Å²) in [4.78, 5) is 6.66. The molecular weight excluding hydrogens is 298 g/mol. The van der Waals surface area contributed by atoms with Crippen molar-refractivity contribution in [1.82, 2.24) is 15.2 Å². The van der Waals surface area contributed by atoms with Crippen LogP contribution in [0.25, 0.3) is 0 Å². The van der Waals surface area contributed by atoms with Crippen LogP contribution in [0, 0.1) is 11.3 Å². The number of hydrogen-bond acceptors (Lipinski definition) is 5. The first-order valence-corrected chi connectivity index (χ1v) is 8.07. The lowest BCUT2D eigenvalue weighted by Gasteiger charge is -2.30. The van der Waals surface area contributed by atoms with Crippen molar-refractivity contribution in [2.75, 3.05) is 19.6 Å². The Morgan fingerprint density at radius 1 is 1.33 bits per heavy atom. The Kier molecular flexibility index (Phi) is 5.22. The van der Waals surface area contributed by atoms with E-state index in [0.29, 0.717) is 5.56 Å². The van der Waals surface area contributed by atoms with Crippen molar-refractivity contribution in [3.63, 3.8) is 0 Å². The summed E-state index contributed by atoms with van der Waals surface area (Å²) in [5.41, 5.74) is 10.1. The number of nitrogens with zero attached hydrogens (tertiary/aromatic N) is 3. The standard InChI is InChI=1S/C19H21N5/c20-12-15-4-3-5-16(10-15)13-24-9-8-22-17(14-24)11-18(21)19-6-1-2-7-23-19/h1-7,10-11,18,22H,8-9,13-14,21H2/b17-11-. The number of piperazine rings is 1. The van der Waals surface area contributed by atoms with Crippen LogP contribution in [0.3, 0.4) is 0 Å². The van der Waals surface area contributed by atoms with Crippen molar-refractivity contribution in [3.8, 4) is 6.07 Å². The van der Waals surface area contributed by atoms with Gasteiger partial charge in [-0.05, 0) is 35.9 Å². The molecule has 122 valence electrons. The summed E-state index contributed by atoms with van der Waals surface area (Å²) < 4.78 is 0. The monoisotopic (exact) mass is 319 g/mol. The Morgan fingerprint density at radius 3 is 3.04 bits per heavy atom. The summed E-state index contributed by atoms with van der Waals surface area (Å²) >= 11 is 0. The molecule has 1 aliphatic heterocycles. The van der Waals surface area contributed by atoms with E-state index in [1.165, 1.54) is 0 Å². The highest BCUT2D eigenvalue weighted by molar-refractivity contribution is 5.32. The molecule has 0 amide bonds. The van der Waals surface area contributed by atoms with Gasteiger partial charge in [0.05, 0.1) is 23.4 Å². The number of nitriles is 1. The van der Waals surface area contributed by atoms with Gasteiger partial charge in [0.2, 0.25) is 0 Å². The maximum absolute atomic E-state index is 9.01. The van der Waals surface area contributed by atoms with Crippen LogP contribution in [0.5, 0.6) is 0 Å². The third-order valence-electron chi connectivity index (χ3n) is 4.05. The van der Waals surface area contributed by atoms with Crippen molar-refractivity contribution in [1.29, 1.82) is 5.26 Å². The second-order valence-electron chi connectivity index (χ2n) is 5.92. The molecule has 2 heterocycles. The Bertz CT molecular complexity index is 748. The van der Waals surface area contributed by atoms with Crippen molar-refractivity contribution < 1.29 is 0 Å². The maximum Gasteiger partial charge on any atom is 0.0991 e. The van der Waals surface area contributed by atoms with E-state index in [0.717, 1.165) is 43.1 Å². The normalized spacial score (nSPS) is 17.9. The Labute approximate surface area is 142 Å². The van der Waals surface area contributed by atoms with Crippen molar-refractivity contribution in [2.45, 2.75) is 12.6 Å². The Morgan fingerprint density at radius 2 is 2.25 bits per heavy atom. The Balaban J connectivity index is 1.65. The number of nitrogens with two attached hydrogens (primary N) is 1. The van der Waals surface area contributed by atoms with Crippen molar-refractivity contribution >= 4 is 0 Å². The van der Waals surface area contributed by atoms with Crippen LogP contribution in [-0.2, 0) is 6.54 Å². The molecule has 5 nitrogen and oxygen atoms in total. The highest BCUT2D eigenvalue weighted by atomic mass is 15.2. The average Bonchev–Trinajstić information content (AvgIpc) is 2.63. The zero-order valence-corrected chi connectivity index (χ0v) is 13.5. The van der Waals surface area contributed by atoms with Crippen LogP contribution in [0.1, 0.15) is 22.9 Å². The molecule has 1 saturated heterocycles. The molecule has 24 heavy (non-hydrogen) atoms. The molecule has 0 saturated carbocycles. The van der Waals surface area contributed by atoms with Gasteiger partial charge in [0.15, 0.2) is 0 Å². The topological polar surface area (TPSA) is 78.0 Å². The molecule has 3 N–H and O–H groups in total. The minimum atomic E-state index is -0.212. The minimum Gasteiger partial charge on any atom is -0.386 e. The third kappa shape index (κ3) is 4.19. The number of benzene rings is 1. The largest absolute Gasteiger partial charge is 0.386 e. The molecule has 0 aliphatic carbocycles. The minimum absolute atomic E-state index is 0.212. The second-order valence-corrected chi connectivity index (χ2v) is 5.92. The number of hydrogen-bond donors (Lipinski definition) is 2. The summed E-state index contributed by atoms with van der Waals surface area (Å²) in [5.74, 6) is 0. The molecule has 1 fully saturated rings. The van der Waals surface area contributed by atoms with E-state index >= 15 is 0 Å². The summed E-state index contributed by atoms with van der Waals surface area (Å²) in [6.45, 7) is 3.50. The van der Waals surface area contributed by atoms with E-state index in [1.807, 2.05) is 42.5 Å². The van der Waals surface area contributed by atoms with E-state index < -0.39 is 0 Å². The first kappa shape index (κ1) is 16.2. The fourth-order valence-corrected chi connectivity index (χ4v) is 2.87. The summed E-state index contributed by atoms with van der Waals surface area (Å²) in [7, 11) is 0. The van der Waals surface area contributed by atoms with E-state index in [4.69, 9.17) is 11.0 Å². The Hall–Kier alpha value is -2.68. The van der Waals surface area contributed by atoms with Gasteiger partial charge in [0, 0.05) is 38.1 Å². The molecule has 1 aliphatic rings. The van der Waals surface area contributed by atoms with E-state index in [2.05, 4.69) is 27.3 Å². The molecule has 5 heteroatoms. The summed E-state index contributed by atoms with van der Waals surface area (Å²) in [6.07, 6.45) is 3.80. The molecule has 1 unspecified atom stereocenters. The van der Waals surface area contributed by atoms with Gasteiger partial charge in [-0.1, -0.05) is 18.2 Å². The molecule has 0 spiro atoms. The lowest BCUT2D eigenvalue weighted by Crippen LogP contribution is -2.41. The van der Waals surface area contributed by atoms with Crippen LogP contribution in [-0.4, -0.2) is 29.5 Å². The lowest BCUT2D eigenvalue weighted by molar-refractivity contribution is 0.258. The van der Waals surface area contributed by atoms with Crippen LogP contribution >= 0.6 is 0 Å². The molecule has 0 bridgehead atoms. The zero-order chi connectivity index (χ0) is 16.8. The molecule has 0 radical (unpaired) electrons. The summed E-state index contributed by atoms with van der Waals surface area (Å²) in [6, 6.07) is 15.5. The smallest absolute Gasteiger partial charge is 0.0991 e. The molecule has 1 aromatic carbocycles. The van der Waals surface area contributed by atoms with Crippen LogP contribution in [0.4, 0.5) is 0 Å². The highest BCUT2D eigenvalue weighted by Crippen LogP contribution is 2.14. The highest BCUT2D eigenvalue weighted by Gasteiger charge is 2.15. The van der Waals surface area contributed by atoms with E-state index in [1.54, 1.807) is 6.20 Å². The zero-order valence-electron chi connectivity index (χ0n) is 13.5. The number of aromatic nitrogens is 1. The van der Waals surface area contributed by atoms with Gasteiger partial charge in [-0.2, -0.15) is 5.26 Å². The van der Waals surface area contributed by atoms with Gasteiger partial charge in [-0.3, -0.25) is 9.88 Å². The number of nitrogens with one attached hydrogen (secondary N) is 1. The van der Waals surface area contributed by atoms with Gasteiger partial charge < -0.3 is 11.1 Å². The van der Waals surface area contributed by atoms with Gasteiger partial charge >= 0.3 is 0 Å². The van der Waals surface area contributed by atoms with Gasteiger partial charge in [0.1, 0.15) is 0 Å². The second kappa shape index (κ2) is 7.73. The van der Waals surface area contributed by atoms with Crippen LogP contribution < -0.4 is 11.1 Å². The molecule has 3 rings (SSSR count). The maximum atomic E-state index is 9.01. The van der Waals surface area contributed by atoms with Crippen molar-refractivity contribution in [3.05, 3.63) is 77.3 Å². The van der Waals surface area contributed by atoms with Crippen LogP contribution in [0.15, 0.2) is 60.4 Å². The first-order valence-electron chi connectivity index (χ1n) is 8.07. The number of rotatable bonds is 4. The predicted molar refractivity (Wildman–Crippen MR) is 93.7 cm³/mol. The average molecular weight is 319 g/mol. The first-order chi connectivity index (χ1) is 11.7. The van der Waals surface area contributed by atoms with Crippen molar-refractivity contribution in [2.24, 2.45) is 5.73 Å². The van der Waals surface area contributed by atoms with Gasteiger partial charge in [-0.15, -0.1) is 0 Å². The third-order valence-corrected chi connectivity index (χ3v) is 4.05. The molecular formula is C19H21N5. The van der Waals surface area contributed by atoms with Crippen LogP contribution in [0.2, 0.25) is 0 Å². The molecule has 1 aromatic heterocycles. The predicted octanol–water partition coefficient (Wildman–Crippen LogP) is 1.94. The fourth-order valence-electron chi connectivity index (χ4n) is 2.87.